The molecule has 0 rings (SSSR count). The van der Waals surface area contributed by atoms with Crippen LogP contribution in [-0.2, 0) is 9.22 Å². The van der Waals surface area contributed by atoms with Crippen molar-refractivity contribution in [3.05, 3.63) is 0 Å². The summed E-state index contributed by atoms with van der Waals surface area (Å²) in [7, 11) is -1.67. The number of nitrogens with two attached hydrogens (primary N) is 1. The molecule has 0 aliphatic heterocycles. The SMILES string of the molecule is C[C@@H](O[Si](C)(C)C)[C@H](N)C(=O)O. The number of aliphatic carboxylic acids is 1. The van der Waals surface area contributed by atoms with Gasteiger partial charge in [-0.3, -0.25) is 4.79 Å². The van der Waals surface area contributed by atoms with Gasteiger partial charge in [-0.25, -0.2) is 0 Å². The molecule has 4 nitrogen and oxygen atoms in total. The highest BCUT2D eigenvalue weighted by atomic mass is 28.4. The third kappa shape index (κ3) is 4.48. The van der Waals surface area contributed by atoms with Gasteiger partial charge in [-0.15, -0.1) is 0 Å². The molecule has 0 aromatic heterocycles. The molecular formula is C7H17NO3Si. The molecule has 0 aromatic rings. The minimum Gasteiger partial charge on any atom is -0.480 e. The number of carbonyl (C=O) groups is 1. The standard InChI is InChI=1S/C7H17NO3Si/c1-5(6(8)7(9)10)11-12(2,3)4/h5-6H,8H2,1-4H3,(H,9,10)/t5-,6+/m1/s1. The lowest BCUT2D eigenvalue weighted by molar-refractivity contribution is -0.140. The van der Waals surface area contributed by atoms with Crippen LogP contribution >= 0.6 is 0 Å². The van der Waals surface area contributed by atoms with Crippen molar-refractivity contribution in [1.29, 1.82) is 0 Å². The molecule has 0 spiro atoms. The van der Waals surface area contributed by atoms with E-state index in [1.54, 1.807) is 6.92 Å². The van der Waals surface area contributed by atoms with E-state index in [9.17, 15) is 4.79 Å². The smallest absolute Gasteiger partial charge is 0.323 e. The lowest BCUT2D eigenvalue weighted by Crippen LogP contribution is -2.46. The van der Waals surface area contributed by atoms with Crippen molar-refractivity contribution >= 4 is 14.3 Å². The van der Waals surface area contributed by atoms with Gasteiger partial charge in [0.25, 0.3) is 0 Å². The predicted octanol–water partition coefficient (Wildman–Crippen LogP) is 0.638. The van der Waals surface area contributed by atoms with Crippen LogP contribution in [0, 0.1) is 0 Å². The van der Waals surface area contributed by atoms with Crippen LogP contribution in [0.3, 0.4) is 0 Å². The van der Waals surface area contributed by atoms with Crippen LogP contribution < -0.4 is 5.73 Å². The van der Waals surface area contributed by atoms with E-state index in [0.717, 1.165) is 0 Å². The molecule has 0 aromatic carbocycles. The second-order valence-electron chi connectivity index (χ2n) is 3.80. The van der Waals surface area contributed by atoms with Gasteiger partial charge in [-0.1, -0.05) is 0 Å². The largest absolute Gasteiger partial charge is 0.480 e. The van der Waals surface area contributed by atoms with Gasteiger partial charge in [-0.05, 0) is 26.6 Å². The van der Waals surface area contributed by atoms with E-state index in [1.165, 1.54) is 0 Å². The summed E-state index contributed by atoms with van der Waals surface area (Å²) >= 11 is 0. The van der Waals surface area contributed by atoms with Gasteiger partial charge in [0.15, 0.2) is 8.32 Å². The minimum atomic E-state index is -1.67. The zero-order valence-corrected chi connectivity index (χ0v) is 9.00. The molecular weight excluding hydrogens is 174 g/mol. The number of carboxylic acid groups (broad SMARTS) is 1. The molecule has 0 radical (unpaired) electrons. The number of rotatable bonds is 4. The van der Waals surface area contributed by atoms with E-state index in [-0.39, 0.29) is 0 Å². The van der Waals surface area contributed by atoms with E-state index in [2.05, 4.69) is 0 Å². The Kier molecular flexibility index (Phi) is 3.89. The van der Waals surface area contributed by atoms with E-state index in [0.29, 0.717) is 0 Å². The zero-order valence-electron chi connectivity index (χ0n) is 8.00. The summed E-state index contributed by atoms with van der Waals surface area (Å²) in [5.41, 5.74) is 5.36. The van der Waals surface area contributed by atoms with Crippen LogP contribution in [0.2, 0.25) is 19.6 Å². The summed E-state index contributed by atoms with van der Waals surface area (Å²) in [6.07, 6.45) is -0.408. The maximum atomic E-state index is 10.4. The van der Waals surface area contributed by atoms with Crippen molar-refractivity contribution in [2.75, 3.05) is 0 Å². The van der Waals surface area contributed by atoms with Gasteiger partial charge < -0.3 is 15.3 Å². The molecule has 0 aliphatic rings. The minimum absolute atomic E-state index is 0.408. The van der Waals surface area contributed by atoms with Crippen LogP contribution in [-0.4, -0.2) is 31.5 Å². The number of carboxylic acids is 1. The number of hydrogen-bond acceptors (Lipinski definition) is 3. The van der Waals surface area contributed by atoms with E-state index >= 15 is 0 Å². The first-order chi connectivity index (χ1) is 5.24. The van der Waals surface area contributed by atoms with E-state index in [1.807, 2.05) is 19.6 Å². The Labute approximate surface area is 73.8 Å². The maximum absolute atomic E-state index is 10.4. The molecule has 3 N–H and O–H groups in total. The monoisotopic (exact) mass is 191 g/mol. The van der Waals surface area contributed by atoms with Crippen molar-refractivity contribution in [1.82, 2.24) is 0 Å². The zero-order chi connectivity index (χ0) is 9.94. The van der Waals surface area contributed by atoms with Gasteiger partial charge >= 0.3 is 5.97 Å². The normalized spacial score (nSPS) is 17.1. The topological polar surface area (TPSA) is 72.5 Å². The lowest BCUT2D eigenvalue weighted by Gasteiger charge is -2.25. The fraction of sp³-hybridized carbons (Fsp3) is 0.857. The van der Waals surface area contributed by atoms with Crippen molar-refractivity contribution < 1.29 is 14.3 Å². The van der Waals surface area contributed by atoms with Crippen molar-refractivity contribution in [2.45, 2.75) is 38.7 Å². The summed E-state index contributed by atoms with van der Waals surface area (Å²) < 4.78 is 5.49. The predicted molar refractivity (Wildman–Crippen MR) is 49.5 cm³/mol. The summed E-state index contributed by atoms with van der Waals surface area (Å²) in [5.74, 6) is -1.01. The molecule has 0 fully saturated rings. The Morgan fingerprint density at radius 1 is 1.50 bits per heavy atom. The molecule has 0 saturated heterocycles. The highest BCUT2D eigenvalue weighted by Gasteiger charge is 2.26. The van der Waals surface area contributed by atoms with Gasteiger partial charge in [0.2, 0.25) is 0 Å². The van der Waals surface area contributed by atoms with Crippen molar-refractivity contribution in [3.8, 4) is 0 Å². The molecule has 0 heterocycles. The first kappa shape index (κ1) is 11.6. The maximum Gasteiger partial charge on any atom is 0.323 e. The van der Waals surface area contributed by atoms with Crippen molar-refractivity contribution in [3.63, 3.8) is 0 Å². The molecule has 0 aliphatic carbocycles. The lowest BCUT2D eigenvalue weighted by atomic mass is 10.2. The Bertz CT molecular complexity index is 167. The quantitative estimate of drug-likeness (QED) is 0.640. The van der Waals surface area contributed by atoms with Crippen LogP contribution in [0.25, 0.3) is 0 Å². The van der Waals surface area contributed by atoms with Crippen LogP contribution in [0.5, 0.6) is 0 Å². The molecule has 0 amide bonds. The van der Waals surface area contributed by atoms with E-state index < -0.39 is 26.4 Å². The highest BCUT2D eigenvalue weighted by molar-refractivity contribution is 6.69. The number of hydrogen-bond donors (Lipinski definition) is 2. The molecule has 2 atom stereocenters. The van der Waals surface area contributed by atoms with E-state index in [4.69, 9.17) is 15.3 Å². The Hall–Kier alpha value is -0.393. The average molecular weight is 191 g/mol. The second kappa shape index (κ2) is 4.02. The summed E-state index contributed by atoms with van der Waals surface area (Å²) in [5, 5.41) is 8.56. The molecule has 12 heavy (non-hydrogen) atoms. The summed E-state index contributed by atoms with van der Waals surface area (Å²) in [6.45, 7) is 7.69. The molecule has 0 unspecified atom stereocenters. The molecule has 72 valence electrons. The first-order valence-electron chi connectivity index (χ1n) is 3.90. The van der Waals surface area contributed by atoms with Crippen LogP contribution in [0.15, 0.2) is 0 Å². The Balaban J connectivity index is 4.04. The molecule has 0 bridgehead atoms. The summed E-state index contributed by atoms with van der Waals surface area (Å²) in [4.78, 5) is 10.4. The third-order valence-corrected chi connectivity index (χ3v) is 2.41. The molecule has 0 saturated carbocycles. The van der Waals surface area contributed by atoms with Gasteiger partial charge in [0.1, 0.15) is 6.04 Å². The van der Waals surface area contributed by atoms with Crippen LogP contribution in [0.1, 0.15) is 6.92 Å². The van der Waals surface area contributed by atoms with Crippen molar-refractivity contribution in [2.24, 2.45) is 5.73 Å². The third-order valence-electron chi connectivity index (χ3n) is 1.33. The van der Waals surface area contributed by atoms with Gasteiger partial charge in [0.05, 0.1) is 6.10 Å². The van der Waals surface area contributed by atoms with Gasteiger partial charge in [0, 0.05) is 0 Å². The Morgan fingerprint density at radius 2 is 1.92 bits per heavy atom. The fourth-order valence-corrected chi connectivity index (χ4v) is 2.09. The van der Waals surface area contributed by atoms with Crippen LogP contribution in [0.4, 0.5) is 0 Å². The average Bonchev–Trinajstić information content (AvgIpc) is 1.82. The fourth-order valence-electron chi connectivity index (χ4n) is 0.832. The summed E-state index contributed by atoms with van der Waals surface area (Å²) in [6, 6.07) is -0.920. The van der Waals surface area contributed by atoms with Gasteiger partial charge in [-0.2, -0.15) is 0 Å². The molecule has 5 heteroatoms. The second-order valence-corrected chi connectivity index (χ2v) is 8.26. The Morgan fingerprint density at radius 3 is 2.17 bits per heavy atom. The highest BCUT2D eigenvalue weighted by Crippen LogP contribution is 2.08. The first-order valence-corrected chi connectivity index (χ1v) is 7.31.